The molecule has 0 spiro atoms. The summed E-state index contributed by atoms with van der Waals surface area (Å²) >= 11 is 0. The number of nitrogens with zero attached hydrogens (tertiary/aromatic N) is 1. The van der Waals surface area contributed by atoms with Crippen molar-refractivity contribution in [1.29, 1.82) is 0 Å². The van der Waals surface area contributed by atoms with E-state index in [9.17, 15) is 4.79 Å². The zero-order valence-electron chi connectivity index (χ0n) is 12.4. The van der Waals surface area contributed by atoms with Gasteiger partial charge in [-0.3, -0.25) is 4.79 Å². The van der Waals surface area contributed by atoms with E-state index in [1.807, 2.05) is 18.2 Å². The monoisotopic (exact) mass is 302 g/mol. The van der Waals surface area contributed by atoms with Crippen LogP contribution in [0.4, 0.5) is 5.69 Å². The van der Waals surface area contributed by atoms with Crippen LogP contribution in [0.5, 0.6) is 11.5 Å². The van der Waals surface area contributed by atoms with Gasteiger partial charge in [0, 0.05) is 18.2 Å². The Morgan fingerprint density at radius 1 is 1.41 bits per heavy atom. The van der Waals surface area contributed by atoms with Crippen molar-refractivity contribution in [3.8, 4) is 11.5 Å². The molecule has 0 fully saturated rings. The molecule has 116 valence electrons. The molecule has 1 aromatic carbocycles. The predicted octanol–water partition coefficient (Wildman–Crippen LogP) is 1.83. The summed E-state index contributed by atoms with van der Waals surface area (Å²) < 4.78 is 16.1. The topological polar surface area (TPSA) is 77.9 Å². The minimum atomic E-state index is -0.538. The first-order valence-corrected chi connectivity index (χ1v) is 7.11. The van der Waals surface area contributed by atoms with E-state index in [0.29, 0.717) is 13.0 Å². The van der Waals surface area contributed by atoms with Crippen LogP contribution in [-0.4, -0.2) is 32.7 Å². The normalized spacial score (nSPS) is 13.4. The van der Waals surface area contributed by atoms with Gasteiger partial charge in [-0.15, -0.1) is 0 Å². The highest BCUT2D eigenvalue weighted by Gasteiger charge is 2.20. The van der Waals surface area contributed by atoms with Crippen LogP contribution in [0.2, 0.25) is 0 Å². The van der Waals surface area contributed by atoms with Crippen molar-refractivity contribution in [2.45, 2.75) is 6.42 Å². The molecule has 0 radical (unpaired) electrons. The maximum absolute atomic E-state index is 11.3. The largest absolute Gasteiger partial charge is 0.497 e. The van der Waals surface area contributed by atoms with E-state index in [0.717, 1.165) is 35.8 Å². The van der Waals surface area contributed by atoms with E-state index in [4.69, 9.17) is 19.6 Å². The lowest BCUT2D eigenvalue weighted by atomic mass is 10.1. The summed E-state index contributed by atoms with van der Waals surface area (Å²) in [5.74, 6) is 1.33. The van der Waals surface area contributed by atoms with Crippen LogP contribution >= 0.6 is 0 Å². The summed E-state index contributed by atoms with van der Waals surface area (Å²) in [7, 11) is 1.64. The fourth-order valence-electron chi connectivity index (χ4n) is 2.62. The highest BCUT2D eigenvalue weighted by molar-refractivity contribution is 5.91. The number of nitrogens with two attached hydrogens (primary N) is 1. The van der Waals surface area contributed by atoms with E-state index < -0.39 is 5.91 Å². The number of fused-ring (bicyclic) bond motifs is 1. The quantitative estimate of drug-likeness (QED) is 0.911. The molecule has 1 amide bonds. The fraction of sp³-hybridized carbons (Fsp3) is 0.312. The Bertz CT molecular complexity index is 681. The Hall–Kier alpha value is -2.63. The third-order valence-electron chi connectivity index (χ3n) is 3.75. The van der Waals surface area contributed by atoms with Gasteiger partial charge in [-0.05, 0) is 24.6 Å². The second-order valence-electron chi connectivity index (χ2n) is 5.06. The molecule has 22 heavy (non-hydrogen) atoms. The zero-order valence-corrected chi connectivity index (χ0v) is 12.4. The van der Waals surface area contributed by atoms with Crippen LogP contribution in [-0.2, 0) is 6.42 Å². The molecule has 6 nitrogen and oxygen atoms in total. The molecule has 1 aromatic heterocycles. The van der Waals surface area contributed by atoms with Gasteiger partial charge in [-0.1, -0.05) is 0 Å². The Morgan fingerprint density at radius 2 is 2.27 bits per heavy atom. The van der Waals surface area contributed by atoms with Gasteiger partial charge in [0.25, 0.3) is 5.91 Å². The van der Waals surface area contributed by atoms with Crippen molar-refractivity contribution in [3.05, 3.63) is 41.9 Å². The second kappa shape index (κ2) is 6.01. The lowest BCUT2D eigenvalue weighted by Crippen LogP contribution is -2.34. The molecule has 2 heterocycles. The molecule has 2 aromatic rings. The summed E-state index contributed by atoms with van der Waals surface area (Å²) in [6.07, 6.45) is 2.16. The van der Waals surface area contributed by atoms with Gasteiger partial charge >= 0.3 is 0 Å². The number of rotatable bonds is 5. The van der Waals surface area contributed by atoms with Crippen LogP contribution in [0, 0.1) is 0 Å². The number of hydrogen-bond acceptors (Lipinski definition) is 5. The predicted molar refractivity (Wildman–Crippen MR) is 81.6 cm³/mol. The number of benzene rings is 1. The lowest BCUT2D eigenvalue weighted by molar-refractivity contribution is 0.0972. The van der Waals surface area contributed by atoms with Crippen molar-refractivity contribution < 1.29 is 18.7 Å². The number of anilines is 1. The highest BCUT2D eigenvalue weighted by atomic mass is 16.5. The average Bonchev–Trinajstić information content (AvgIpc) is 3.01. The number of furan rings is 1. The van der Waals surface area contributed by atoms with Gasteiger partial charge in [0.1, 0.15) is 18.1 Å². The van der Waals surface area contributed by atoms with E-state index in [-0.39, 0.29) is 5.76 Å². The number of methoxy groups -OCH3 is 1. The SMILES string of the molecule is COc1ccc2c(c1)N(CCc1ccoc1C(N)=O)CCO2. The van der Waals surface area contributed by atoms with Gasteiger partial charge < -0.3 is 24.5 Å². The number of amides is 1. The summed E-state index contributed by atoms with van der Waals surface area (Å²) in [5.41, 5.74) is 7.12. The van der Waals surface area contributed by atoms with Crippen LogP contribution in [0.25, 0.3) is 0 Å². The second-order valence-corrected chi connectivity index (χ2v) is 5.06. The van der Waals surface area contributed by atoms with Crippen LogP contribution in [0.1, 0.15) is 16.1 Å². The molecule has 0 aliphatic carbocycles. The van der Waals surface area contributed by atoms with E-state index >= 15 is 0 Å². The third-order valence-corrected chi connectivity index (χ3v) is 3.75. The summed E-state index contributed by atoms with van der Waals surface area (Å²) in [6.45, 7) is 2.15. The Kier molecular flexibility index (Phi) is 3.91. The van der Waals surface area contributed by atoms with E-state index in [1.165, 1.54) is 6.26 Å². The van der Waals surface area contributed by atoms with Gasteiger partial charge in [-0.2, -0.15) is 0 Å². The molecule has 0 saturated heterocycles. The van der Waals surface area contributed by atoms with Gasteiger partial charge in [-0.25, -0.2) is 0 Å². The molecule has 1 aliphatic rings. The first kappa shape index (κ1) is 14.3. The highest BCUT2D eigenvalue weighted by Crippen LogP contribution is 2.35. The van der Waals surface area contributed by atoms with Gasteiger partial charge in [0.15, 0.2) is 5.76 Å². The Balaban J connectivity index is 1.77. The molecule has 0 atom stereocenters. The van der Waals surface area contributed by atoms with E-state index in [1.54, 1.807) is 13.2 Å². The summed E-state index contributed by atoms with van der Waals surface area (Å²) in [5, 5.41) is 0. The molecule has 0 unspecified atom stereocenters. The molecule has 6 heteroatoms. The minimum absolute atomic E-state index is 0.235. The van der Waals surface area contributed by atoms with Crippen molar-refractivity contribution in [1.82, 2.24) is 0 Å². The smallest absolute Gasteiger partial charge is 0.284 e. The zero-order chi connectivity index (χ0) is 15.5. The van der Waals surface area contributed by atoms with E-state index in [2.05, 4.69) is 4.90 Å². The van der Waals surface area contributed by atoms with Crippen molar-refractivity contribution >= 4 is 11.6 Å². The van der Waals surface area contributed by atoms with Crippen LogP contribution in [0.15, 0.2) is 34.9 Å². The van der Waals surface area contributed by atoms with Crippen molar-refractivity contribution in [2.75, 3.05) is 31.7 Å². The number of carbonyl (C=O) groups is 1. The summed E-state index contributed by atoms with van der Waals surface area (Å²) in [4.78, 5) is 13.5. The molecule has 0 bridgehead atoms. The lowest BCUT2D eigenvalue weighted by Gasteiger charge is -2.31. The Morgan fingerprint density at radius 3 is 3.05 bits per heavy atom. The number of ether oxygens (including phenoxy) is 2. The molecule has 2 N–H and O–H groups in total. The standard InChI is InChI=1S/C16H18N2O4/c1-20-12-2-3-14-13(10-12)18(7-9-21-14)6-4-11-5-8-22-15(11)16(17)19/h2-3,5,8,10H,4,6-7,9H2,1H3,(H2,17,19). The fourth-order valence-corrected chi connectivity index (χ4v) is 2.62. The maximum atomic E-state index is 11.3. The number of primary amides is 1. The maximum Gasteiger partial charge on any atom is 0.284 e. The Labute approximate surface area is 128 Å². The average molecular weight is 302 g/mol. The van der Waals surface area contributed by atoms with Gasteiger partial charge in [0.2, 0.25) is 0 Å². The summed E-state index contributed by atoms with van der Waals surface area (Å²) in [6, 6.07) is 7.53. The first-order chi connectivity index (χ1) is 10.7. The third kappa shape index (κ3) is 2.72. The van der Waals surface area contributed by atoms with Crippen LogP contribution in [0.3, 0.4) is 0 Å². The minimum Gasteiger partial charge on any atom is -0.497 e. The van der Waals surface area contributed by atoms with Gasteiger partial charge in [0.05, 0.1) is 25.6 Å². The number of carbonyl (C=O) groups excluding carboxylic acids is 1. The molecular formula is C16H18N2O4. The molecular weight excluding hydrogens is 284 g/mol. The van der Waals surface area contributed by atoms with Crippen LogP contribution < -0.4 is 20.1 Å². The first-order valence-electron chi connectivity index (χ1n) is 7.11. The molecule has 0 saturated carbocycles. The van der Waals surface area contributed by atoms with Crippen molar-refractivity contribution in [3.63, 3.8) is 0 Å². The number of hydrogen-bond donors (Lipinski definition) is 1. The molecule has 3 rings (SSSR count). The van der Waals surface area contributed by atoms with Crippen molar-refractivity contribution in [2.24, 2.45) is 5.73 Å². The molecule has 1 aliphatic heterocycles.